The Bertz CT molecular complexity index is 676. The third-order valence-electron chi connectivity index (χ3n) is 3.40. The normalized spacial score (nSPS) is 12.0. The van der Waals surface area contributed by atoms with Gasteiger partial charge in [0.15, 0.2) is 17.8 Å². The molecule has 6 heteroatoms. The minimum atomic E-state index is -0.946. The van der Waals surface area contributed by atoms with Crippen LogP contribution in [0.25, 0.3) is 11.3 Å². The summed E-state index contributed by atoms with van der Waals surface area (Å²) in [6.07, 6.45) is 1.22. The molecule has 0 saturated carbocycles. The fourth-order valence-corrected chi connectivity index (χ4v) is 2.06. The first-order valence-electron chi connectivity index (χ1n) is 6.89. The van der Waals surface area contributed by atoms with Crippen molar-refractivity contribution in [2.75, 3.05) is 13.6 Å². The molecule has 1 amide bonds. The smallest absolute Gasteiger partial charge is 0.308 e. The maximum absolute atomic E-state index is 12.4. The number of rotatable bonds is 5. The minimum absolute atomic E-state index is 0.106. The van der Waals surface area contributed by atoms with E-state index in [0.717, 1.165) is 11.1 Å². The molecule has 0 aliphatic carbocycles. The highest BCUT2D eigenvalue weighted by molar-refractivity contribution is 5.97. The van der Waals surface area contributed by atoms with Crippen molar-refractivity contribution >= 4 is 11.9 Å². The van der Waals surface area contributed by atoms with Gasteiger partial charge in [0.1, 0.15) is 0 Å². The number of aliphatic carboxylic acids is 1. The minimum Gasteiger partial charge on any atom is -0.481 e. The Morgan fingerprint density at radius 3 is 2.55 bits per heavy atom. The average Bonchev–Trinajstić information content (AvgIpc) is 2.96. The molecule has 1 aromatic heterocycles. The van der Waals surface area contributed by atoms with Crippen molar-refractivity contribution in [3.05, 3.63) is 41.9 Å². The van der Waals surface area contributed by atoms with Crippen LogP contribution in [0.1, 0.15) is 23.0 Å². The lowest BCUT2D eigenvalue weighted by Gasteiger charge is -2.18. The van der Waals surface area contributed by atoms with Gasteiger partial charge in [0.2, 0.25) is 0 Å². The van der Waals surface area contributed by atoms with Crippen molar-refractivity contribution in [3.8, 4) is 11.3 Å². The molecule has 1 aromatic carbocycles. The zero-order valence-corrected chi connectivity index (χ0v) is 12.7. The van der Waals surface area contributed by atoms with Crippen molar-refractivity contribution < 1.29 is 19.1 Å². The molecule has 1 N–H and O–H groups in total. The standard InChI is InChI=1S/C16H18N2O4/c1-10-4-6-12(7-5-10)14-13(17-9-22-14)15(19)18(3)8-11(2)16(20)21/h4-7,9,11H,8H2,1-3H3,(H,20,21). The van der Waals surface area contributed by atoms with E-state index in [0.29, 0.717) is 5.76 Å². The molecule has 22 heavy (non-hydrogen) atoms. The van der Waals surface area contributed by atoms with Crippen LogP contribution in [0.15, 0.2) is 35.1 Å². The van der Waals surface area contributed by atoms with Crippen LogP contribution in [0.5, 0.6) is 0 Å². The quantitative estimate of drug-likeness (QED) is 0.917. The second-order valence-electron chi connectivity index (χ2n) is 5.32. The average molecular weight is 302 g/mol. The molecule has 2 rings (SSSR count). The molecule has 0 fully saturated rings. The summed E-state index contributed by atoms with van der Waals surface area (Å²) < 4.78 is 5.34. The summed E-state index contributed by atoms with van der Waals surface area (Å²) in [7, 11) is 1.55. The Balaban J connectivity index is 2.23. The van der Waals surface area contributed by atoms with Crippen LogP contribution in [0.3, 0.4) is 0 Å². The predicted octanol–water partition coefficient (Wildman–Crippen LogP) is 2.44. The van der Waals surface area contributed by atoms with Crippen molar-refractivity contribution in [1.29, 1.82) is 0 Å². The number of carbonyl (C=O) groups is 2. The molecule has 0 bridgehead atoms. The highest BCUT2D eigenvalue weighted by Crippen LogP contribution is 2.24. The third kappa shape index (κ3) is 3.33. The zero-order valence-electron chi connectivity index (χ0n) is 12.7. The molecule has 1 atom stereocenters. The largest absolute Gasteiger partial charge is 0.481 e. The summed E-state index contributed by atoms with van der Waals surface area (Å²) in [5.41, 5.74) is 2.04. The Hall–Kier alpha value is -2.63. The SMILES string of the molecule is Cc1ccc(-c2ocnc2C(=O)N(C)CC(C)C(=O)O)cc1. The zero-order chi connectivity index (χ0) is 16.3. The molecule has 0 aliphatic heterocycles. The summed E-state index contributed by atoms with van der Waals surface area (Å²) in [6.45, 7) is 3.63. The molecule has 0 aliphatic rings. The van der Waals surface area contributed by atoms with Gasteiger partial charge in [0.05, 0.1) is 5.92 Å². The fraction of sp³-hybridized carbons (Fsp3) is 0.312. The lowest BCUT2D eigenvalue weighted by Crippen LogP contribution is -2.34. The molecule has 1 heterocycles. The molecular weight excluding hydrogens is 284 g/mol. The number of carboxylic acid groups (broad SMARTS) is 1. The lowest BCUT2D eigenvalue weighted by molar-refractivity contribution is -0.141. The van der Waals surface area contributed by atoms with E-state index in [1.54, 1.807) is 14.0 Å². The summed E-state index contributed by atoms with van der Waals surface area (Å²) >= 11 is 0. The number of nitrogens with zero attached hydrogens (tertiary/aromatic N) is 2. The van der Waals surface area contributed by atoms with Crippen LogP contribution in [-0.4, -0.2) is 40.5 Å². The number of aryl methyl sites for hydroxylation is 1. The number of oxazole rings is 1. The first-order valence-corrected chi connectivity index (χ1v) is 6.89. The Labute approximate surface area is 128 Å². The maximum Gasteiger partial charge on any atom is 0.308 e. The van der Waals surface area contributed by atoms with E-state index < -0.39 is 11.9 Å². The van der Waals surface area contributed by atoms with Crippen LogP contribution in [0, 0.1) is 12.8 Å². The van der Waals surface area contributed by atoms with E-state index in [-0.39, 0.29) is 18.1 Å². The molecular formula is C16H18N2O4. The van der Waals surface area contributed by atoms with Gasteiger partial charge in [-0.05, 0) is 6.92 Å². The highest BCUT2D eigenvalue weighted by atomic mass is 16.4. The van der Waals surface area contributed by atoms with Gasteiger partial charge < -0.3 is 14.4 Å². The molecule has 1 unspecified atom stereocenters. The Morgan fingerprint density at radius 1 is 1.32 bits per heavy atom. The van der Waals surface area contributed by atoms with Crippen LogP contribution in [0.4, 0.5) is 0 Å². The predicted molar refractivity (Wildman–Crippen MR) is 80.4 cm³/mol. The molecule has 116 valence electrons. The van der Waals surface area contributed by atoms with Crippen molar-refractivity contribution in [1.82, 2.24) is 9.88 Å². The third-order valence-corrected chi connectivity index (χ3v) is 3.40. The van der Waals surface area contributed by atoms with Gasteiger partial charge in [-0.2, -0.15) is 0 Å². The first kappa shape index (κ1) is 15.8. The number of carbonyl (C=O) groups excluding carboxylic acids is 1. The molecule has 2 aromatic rings. The number of carboxylic acids is 1. The van der Waals surface area contributed by atoms with Gasteiger partial charge in [-0.3, -0.25) is 9.59 Å². The van der Waals surface area contributed by atoms with E-state index >= 15 is 0 Å². The van der Waals surface area contributed by atoms with Crippen LogP contribution >= 0.6 is 0 Å². The Morgan fingerprint density at radius 2 is 1.95 bits per heavy atom. The van der Waals surface area contributed by atoms with Gasteiger partial charge in [-0.15, -0.1) is 0 Å². The van der Waals surface area contributed by atoms with E-state index in [2.05, 4.69) is 4.98 Å². The number of amides is 1. The maximum atomic E-state index is 12.4. The molecule has 0 radical (unpaired) electrons. The van der Waals surface area contributed by atoms with Crippen LogP contribution < -0.4 is 0 Å². The number of hydrogen-bond donors (Lipinski definition) is 1. The summed E-state index contributed by atoms with van der Waals surface area (Å²) in [6, 6.07) is 7.55. The van der Waals surface area contributed by atoms with Gasteiger partial charge in [0, 0.05) is 19.2 Å². The van der Waals surface area contributed by atoms with Crippen molar-refractivity contribution in [2.45, 2.75) is 13.8 Å². The second kappa shape index (κ2) is 6.43. The second-order valence-corrected chi connectivity index (χ2v) is 5.32. The number of aromatic nitrogens is 1. The summed E-state index contributed by atoms with van der Waals surface area (Å²) in [4.78, 5) is 28.7. The summed E-state index contributed by atoms with van der Waals surface area (Å²) in [5, 5.41) is 8.93. The van der Waals surface area contributed by atoms with Crippen LogP contribution in [-0.2, 0) is 4.79 Å². The van der Waals surface area contributed by atoms with Crippen molar-refractivity contribution in [2.24, 2.45) is 5.92 Å². The lowest BCUT2D eigenvalue weighted by atomic mass is 10.1. The van der Waals surface area contributed by atoms with E-state index in [9.17, 15) is 9.59 Å². The topological polar surface area (TPSA) is 83.6 Å². The number of hydrogen-bond acceptors (Lipinski definition) is 4. The molecule has 6 nitrogen and oxygen atoms in total. The van der Waals surface area contributed by atoms with E-state index in [1.807, 2.05) is 31.2 Å². The van der Waals surface area contributed by atoms with Gasteiger partial charge >= 0.3 is 5.97 Å². The highest BCUT2D eigenvalue weighted by Gasteiger charge is 2.24. The number of benzene rings is 1. The van der Waals surface area contributed by atoms with E-state index in [4.69, 9.17) is 9.52 Å². The van der Waals surface area contributed by atoms with Gasteiger partial charge in [-0.25, -0.2) is 4.98 Å². The van der Waals surface area contributed by atoms with Gasteiger partial charge in [0.25, 0.3) is 5.91 Å². The fourth-order valence-electron chi connectivity index (χ4n) is 2.06. The van der Waals surface area contributed by atoms with Crippen LogP contribution in [0.2, 0.25) is 0 Å². The molecule has 0 saturated heterocycles. The monoisotopic (exact) mass is 302 g/mol. The van der Waals surface area contributed by atoms with Crippen molar-refractivity contribution in [3.63, 3.8) is 0 Å². The van der Waals surface area contributed by atoms with Gasteiger partial charge in [-0.1, -0.05) is 36.8 Å². The molecule has 0 spiro atoms. The first-order chi connectivity index (χ1) is 10.4. The Kier molecular flexibility index (Phi) is 4.60. The van der Waals surface area contributed by atoms with E-state index in [1.165, 1.54) is 11.3 Å². The summed E-state index contributed by atoms with van der Waals surface area (Å²) in [5.74, 6) is -1.57.